The Morgan fingerprint density at radius 3 is 2.88 bits per heavy atom. The Hall–Kier alpha value is -1.99. The molecule has 0 unspecified atom stereocenters. The zero-order chi connectivity index (χ0) is 16.8. The predicted molar refractivity (Wildman–Crippen MR) is 94.8 cm³/mol. The molecule has 0 aromatic carbocycles. The molecular formula is C17H23N5OS. The van der Waals surface area contributed by atoms with Gasteiger partial charge in [0.1, 0.15) is 5.01 Å². The van der Waals surface area contributed by atoms with Crippen LogP contribution in [0.4, 0.5) is 4.79 Å². The van der Waals surface area contributed by atoms with Gasteiger partial charge in [-0.1, -0.05) is 6.07 Å². The molecule has 1 saturated heterocycles. The van der Waals surface area contributed by atoms with E-state index < -0.39 is 0 Å². The van der Waals surface area contributed by atoms with Gasteiger partial charge in [0.15, 0.2) is 0 Å². The van der Waals surface area contributed by atoms with Crippen LogP contribution in [0.25, 0.3) is 0 Å². The molecule has 0 bridgehead atoms. The molecule has 1 fully saturated rings. The van der Waals surface area contributed by atoms with Crippen molar-refractivity contribution in [1.82, 2.24) is 25.5 Å². The van der Waals surface area contributed by atoms with Gasteiger partial charge in [0.2, 0.25) is 0 Å². The molecule has 0 atom stereocenters. The monoisotopic (exact) mass is 345 g/mol. The maximum atomic E-state index is 12.0. The highest BCUT2D eigenvalue weighted by molar-refractivity contribution is 7.09. The lowest BCUT2D eigenvalue weighted by Crippen LogP contribution is -2.47. The number of amides is 2. The van der Waals surface area contributed by atoms with E-state index in [9.17, 15) is 4.79 Å². The van der Waals surface area contributed by atoms with Crippen molar-refractivity contribution in [2.24, 2.45) is 0 Å². The lowest BCUT2D eigenvalue weighted by Gasteiger charge is -2.32. The van der Waals surface area contributed by atoms with E-state index in [2.05, 4.69) is 31.6 Å². The number of hydrogen-bond donors (Lipinski definition) is 2. The van der Waals surface area contributed by atoms with Gasteiger partial charge in [0.25, 0.3) is 0 Å². The van der Waals surface area contributed by atoms with Crippen LogP contribution in [0.2, 0.25) is 0 Å². The van der Waals surface area contributed by atoms with Crippen LogP contribution in [-0.2, 0) is 13.1 Å². The molecule has 2 N–H and O–H groups in total. The van der Waals surface area contributed by atoms with E-state index in [-0.39, 0.29) is 12.1 Å². The normalized spacial score (nSPS) is 16.0. The van der Waals surface area contributed by atoms with Crippen molar-refractivity contribution in [3.05, 3.63) is 46.2 Å². The summed E-state index contributed by atoms with van der Waals surface area (Å²) < 4.78 is 0. The number of nitrogens with one attached hydrogen (secondary N) is 2. The highest BCUT2D eigenvalue weighted by atomic mass is 32.1. The molecule has 1 aliphatic rings. The van der Waals surface area contributed by atoms with Gasteiger partial charge < -0.3 is 10.6 Å². The number of pyridine rings is 1. The molecule has 2 aromatic rings. The number of rotatable bonds is 5. The zero-order valence-electron chi connectivity index (χ0n) is 13.9. The Bertz CT molecular complexity index is 652. The number of piperidine rings is 1. The summed E-state index contributed by atoms with van der Waals surface area (Å²) in [6, 6.07) is 6.14. The van der Waals surface area contributed by atoms with Crippen LogP contribution in [-0.4, -0.2) is 40.0 Å². The first-order valence-corrected chi connectivity index (χ1v) is 9.14. The summed E-state index contributed by atoms with van der Waals surface area (Å²) in [5.74, 6) is 0. The van der Waals surface area contributed by atoms with E-state index in [0.717, 1.165) is 48.9 Å². The molecule has 1 aliphatic heterocycles. The summed E-state index contributed by atoms with van der Waals surface area (Å²) in [5.41, 5.74) is 2.10. The van der Waals surface area contributed by atoms with Gasteiger partial charge in [-0.3, -0.25) is 9.88 Å². The Labute approximate surface area is 146 Å². The molecule has 0 saturated carbocycles. The number of aryl methyl sites for hydroxylation is 1. The van der Waals surface area contributed by atoms with Gasteiger partial charge in [-0.05, 0) is 31.9 Å². The van der Waals surface area contributed by atoms with E-state index in [0.29, 0.717) is 6.54 Å². The fourth-order valence-electron chi connectivity index (χ4n) is 2.83. The predicted octanol–water partition coefficient (Wildman–Crippen LogP) is 2.31. The number of carbonyl (C=O) groups excluding carboxylic acids is 1. The highest BCUT2D eigenvalue weighted by Gasteiger charge is 2.20. The molecule has 2 amide bonds. The molecule has 0 aliphatic carbocycles. The minimum atomic E-state index is -0.106. The average Bonchev–Trinajstić information content (AvgIpc) is 3.01. The first-order chi connectivity index (χ1) is 11.7. The third kappa shape index (κ3) is 5.01. The molecule has 0 radical (unpaired) electrons. The maximum Gasteiger partial charge on any atom is 0.315 e. The fraction of sp³-hybridized carbons (Fsp3) is 0.471. The van der Waals surface area contributed by atoms with E-state index in [4.69, 9.17) is 0 Å². The summed E-state index contributed by atoms with van der Waals surface area (Å²) in [5, 5.41) is 8.88. The van der Waals surface area contributed by atoms with Crippen LogP contribution >= 0.6 is 11.3 Å². The zero-order valence-corrected chi connectivity index (χ0v) is 14.7. The summed E-state index contributed by atoms with van der Waals surface area (Å²) in [6.45, 7) is 5.28. The molecule has 7 heteroatoms. The number of carbonyl (C=O) groups is 1. The third-order valence-electron chi connectivity index (χ3n) is 4.10. The summed E-state index contributed by atoms with van der Waals surface area (Å²) in [4.78, 5) is 23.1. The number of hydrogen-bond acceptors (Lipinski definition) is 5. The number of likely N-dealkylation sites (tertiary alicyclic amines) is 1. The van der Waals surface area contributed by atoms with Crippen molar-refractivity contribution in [2.45, 2.75) is 38.9 Å². The third-order valence-corrected chi connectivity index (χ3v) is 5.07. The SMILES string of the molecule is Cc1csc(CNC(=O)NC2CCN(Cc3ccccn3)CC2)n1. The second kappa shape index (κ2) is 8.21. The van der Waals surface area contributed by atoms with Crippen molar-refractivity contribution in [2.75, 3.05) is 13.1 Å². The molecule has 24 heavy (non-hydrogen) atoms. The minimum absolute atomic E-state index is 0.106. The van der Waals surface area contributed by atoms with Crippen molar-refractivity contribution >= 4 is 17.4 Å². The summed E-state index contributed by atoms with van der Waals surface area (Å²) >= 11 is 1.57. The van der Waals surface area contributed by atoms with Crippen molar-refractivity contribution in [1.29, 1.82) is 0 Å². The Morgan fingerprint density at radius 1 is 1.38 bits per heavy atom. The smallest absolute Gasteiger partial charge is 0.315 e. The molecule has 0 spiro atoms. The standard InChI is InChI=1S/C17H23N5OS/c1-13-12-24-16(20-13)10-19-17(23)21-14-5-8-22(9-6-14)11-15-4-2-3-7-18-15/h2-4,7,12,14H,5-6,8-11H2,1H3,(H2,19,21,23). The minimum Gasteiger partial charge on any atom is -0.335 e. The Kier molecular flexibility index (Phi) is 5.77. The average molecular weight is 345 g/mol. The number of aromatic nitrogens is 2. The topological polar surface area (TPSA) is 70.2 Å². The van der Waals surface area contributed by atoms with Crippen molar-refractivity contribution < 1.29 is 4.79 Å². The van der Waals surface area contributed by atoms with Crippen LogP contribution in [0.5, 0.6) is 0 Å². The van der Waals surface area contributed by atoms with Crippen molar-refractivity contribution in [3.63, 3.8) is 0 Å². The Balaban J connectivity index is 1.36. The molecule has 128 valence electrons. The second-order valence-electron chi connectivity index (χ2n) is 6.08. The maximum absolute atomic E-state index is 12.0. The van der Waals surface area contributed by atoms with Crippen LogP contribution < -0.4 is 10.6 Å². The van der Waals surface area contributed by atoms with Crippen LogP contribution in [0.1, 0.15) is 29.2 Å². The largest absolute Gasteiger partial charge is 0.335 e. The van der Waals surface area contributed by atoms with Gasteiger partial charge in [-0.15, -0.1) is 11.3 Å². The second-order valence-corrected chi connectivity index (χ2v) is 7.02. The van der Waals surface area contributed by atoms with Gasteiger partial charge in [0.05, 0.1) is 12.2 Å². The summed E-state index contributed by atoms with van der Waals surface area (Å²) in [7, 11) is 0. The molecule has 6 nitrogen and oxygen atoms in total. The first-order valence-electron chi connectivity index (χ1n) is 8.26. The molecule has 3 heterocycles. The van der Waals surface area contributed by atoms with Crippen molar-refractivity contribution in [3.8, 4) is 0 Å². The fourth-order valence-corrected chi connectivity index (χ4v) is 3.54. The van der Waals surface area contributed by atoms with Gasteiger partial charge in [-0.25, -0.2) is 9.78 Å². The lowest BCUT2D eigenvalue weighted by atomic mass is 10.1. The van der Waals surface area contributed by atoms with Gasteiger partial charge in [-0.2, -0.15) is 0 Å². The van der Waals surface area contributed by atoms with Gasteiger partial charge >= 0.3 is 6.03 Å². The first kappa shape index (κ1) is 16.9. The number of nitrogens with zero attached hydrogens (tertiary/aromatic N) is 3. The van der Waals surface area contributed by atoms with E-state index >= 15 is 0 Å². The lowest BCUT2D eigenvalue weighted by molar-refractivity contribution is 0.185. The van der Waals surface area contributed by atoms with Crippen LogP contribution in [0.3, 0.4) is 0 Å². The molecular weight excluding hydrogens is 322 g/mol. The molecule has 3 rings (SSSR count). The highest BCUT2D eigenvalue weighted by Crippen LogP contribution is 2.13. The Morgan fingerprint density at radius 2 is 2.21 bits per heavy atom. The van der Waals surface area contributed by atoms with Crippen LogP contribution in [0, 0.1) is 6.92 Å². The quantitative estimate of drug-likeness (QED) is 0.872. The number of thiazole rings is 1. The van der Waals surface area contributed by atoms with Gasteiger partial charge in [0, 0.05) is 42.9 Å². The summed E-state index contributed by atoms with van der Waals surface area (Å²) in [6.07, 6.45) is 3.77. The van der Waals surface area contributed by atoms with E-state index in [1.165, 1.54) is 0 Å². The van der Waals surface area contributed by atoms with E-state index in [1.807, 2.05) is 30.6 Å². The van der Waals surface area contributed by atoms with E-state index in [1.54, 1.807) is 11.3 Å². The number of urea groups is 1. The molecule has 2 aromatic heterocycles. The van der Waals surface area contributed by atoms with Crippen LogP contribution in [0.15, 0.2) is 29.8 Å².